The van der Waals surface area contributed by atoms with Crippen LogP contribution in [0.1, 0.15) is 17.4 Å². The number of rotatable bonds is 2. The minimum absolute atomic E-state index is 0.0879. The fourth-order valence-electron chi connectivity index (χ4n) is 1.60. The van der Waals surface area contributed by atoms with Gasteiger partial charge in [-0.2, -0.15) is 0 Å². The van der Waals surface area contributed by atoms with E-state index in [0.717, 1.165) is 5.69 Å². The molecule has 0 aromatic carbocycles. The smallest absolute Gasteiger partial charge is 0.179 e. The van der Waals surface area contributed by atoms with Crippen LogP contribution in [0, 0.1) is 0 Å². The molecule has 0 fully saturated rings. The molecule has 2 heterocycles. The van der Waals surface area contributed by atoms with Gasteiger partial charge in [-0.3, -0.25) is 9.20 Å². The van der Waals surface area contributed by atoms with E-state index in [4.69, 9.17) is 11.6 Å². The van der Waals surface area contributed by atoms with E-state index in [1.54, 1.807) is 10.6 Å². The van der Waals surface area contributed by atoms with Crippen LogP contribution in [-0.2, 0) is 0 Å². The molecule has 84 valence electrons. The first kappa shape index (κ1) is 11.0. The summed E-state index contributed by atoms with van der Waals surface area (Å²) in [5, 5.41) is 0.253. The summed E-state index contributed by atoms with van der Waals surface area (Å²) < 4.78 is 1.71. The molecule has 0 aliphatic rings. The van der Waals surface area contributed by atoms with Crippen molar-refractivity contribution in [3.8, 4) is 0 Å². The maximum atomic E-state index is 11.4. The van der Waals surface area contributed by atoms with Crippen LogP contribution in [-0.4, -0.2) is 29.3 Å². The summed E-state index contributed by atoms with van der Waals surface area (Å²) in [5.41, 5.74) is 2.13. The molecule has 5 heteroatoms. The standard InChI is InChI=1S/C11H12ClN3O/c1-7(16)10-11(12)13-9-6-8(14(2)3)4-5-15(9)10/h4-6H,1-3H3. The Morgan fingerprint density at radius 1 is 1.50 bits per heavy atom. The third-order valence-corrected chi connectivity index (χ3v) is 2.68. The number of carbonyl (C=O) groups excluding carboxylic acids is 1. The zero-order valence-electron chi connectivity index (χ0n) is 9.36. The van der Waals surface area contributed by atoms with Crippen LogP contribution in [0.15, 0.2) is 18.3 Å². The fourth-order valence-corrected chi connectivity index (χ4v) is 1.91. The van der Waals surface area contributed by atoms with Gasteiger partial charge in [-0.15, -0.1) is 0 Å². The van der Waals surface area contributed by atoms with E-state index < -0.39 is 0 Å². The number of imidazole rings is 1. The molecule has 2 aromatic rings. The lowest BCUT2D eigenvalue weighted by atomic mass is 10.3. The Morgan fingerprint density at radius 2 is 2.19 bits per heavy atom. The zero-order chi connectivity index (χ0) is 11.9. The Labute approximate surface area is 98.5 Å². The monoisotopic (exact) mass is 237 g/mol. The van der Waals surface area contributed by atoms with E-state index in [-0.39, 0.29) is 10.9 Å². The summed E-state index contributed by atoms with van der Waals surface area (Å²) in [7, 11) is 3.89. The van der Waals surface area contributed by atoms with Gasteiger partial charge in [0.1, 0.15) is 11.3 Å². The highest BCUT2D eigenvalue weighted by atomic mass is 35.5. The van der Waals surface area contributed by atoms with Crippen LogP contribution >= 0.6 is 11.6 Å². The van der Waals surface area contributed by atoms with E-state index in [1.165, 1.54) is 6.92 Å². The van der Waals surface area contributed by atoms with E-state index in [1.807, 2.05) is 31.1 Å². The number of hydrogen-bond acceptors (Lipinski definition) is 3. The average Bonchev–Trinajstić information content (AvgIpc) is 2.51. The van der Waals surface area contributed by atoms with E-state index >= 15 is 0 Å². The number of ketones is 1. The fraction of sp³-hybridized carbons (Fsp3) is 0.273. The predicted molar refractivity (Wildman–Crippen MR) is 64.5 cm³/mol. The number of carbonyl (C=O) groups is 1. The van der Waals surface area contributed by atoms with Crippen molar-refractivity contribution in [1.82, 2.24) is 9.38 Å². The Balaban J connectivity index is 2.70. The molecule has 0 N–H and O–H groups in total. The first-order valence-electron chi connectivity index (χ1n) is 4.86. The van der Waals surface area contributed by atoms with Crippen molar-refractivity contribution in [3.63, 3.8) is 0 Å². The van der Waals surface area contributed by atoms with Crippen LogP contribution in [0.2, 0.25) is 5.15 Å². The van der Waals surface area contributed by atoms with Crippen LogP contribution in [0.5, 0.6) is 0 Å². The molecule has 0 aliphatic heterocycles. The lowest BCUT2D eigenvalue weighted by Gasteiger charge is -2.12. The first-order valence-corrected chi connectivity index (χ1v) is 5.24. The molecule has 0 unspecified atom stereocenters. The second-order valence-corrected chi connectivity index (χ2v) is 4.17. The van der Waals surface area contributed by atoms with Gasteiger partial charge in [-0.1, -0.05) is 11.6 Å². The number of aromatic nitrogens is 2. The molecular formula is C11H12ClN3O. The summed E-state index contributed by atoms with van der Waals surface area (Å²) in [4.78, 5) is 17.5. The Morgan fingerprint density at radius 3 is 2.75 bits per heavy atom. The first-order chi connectivity index (χ1) is 7.50. The van der Waals surface area contributed by atoms with E-state index in [2.05, 4.69) is 4.98 Å². The quantitative estimate of drug-likeness (QED) is 0.752. The zero-order valence-corrected chi connectivity index (χ0v) is 10.1. The molecular weight excluding hydrogens is 226 g/mol. The highest BCUT2D eigenvalue weighted by molar-refractivity contribution is 6.32. The molecule has 0 saturated carbocycles. The second kappa shape index (κ2) is 3.79. The van der Waals surface area contributed by atoms with E-state index in [0.29, 0.717) is 11.3 Å². The molecule has 2 aromatic heterocycles. The van der Waals surface area contributed by atoms with Gasteiger partial charge in [0.05, 0.1) is 0 Å². The number of anilines is 1. The van der Waals surface area contributed by atoms with Crippen molar-refractivity contribution in [3.05, 3.63) is 29.2 Å². The summed E-state index contributed by atoms with van der Waals surface area (Å²) in [6.45, 7) is 1.48. The molecule has 0 bridgehead atoms. The number of hydrogen-bond donors (Lipinski definition) is 0. The predicted octanol–water partition coefficient (Wildman–Crippen LogP) is 2.26. The summed E-state index contributed by atoms with van der Waals surface area (Å²) in [5.74, 6) is -0.0879. The highest BCUT2D eigenvalue weighted by Gasteiger charge is 2.14. The van der Waals surface area contributed by atoms with Crippen molar-refractivity contribution in [2.45, 2.75) is 6.92 Å². The summed E-state index contributed by atoms with van der Waals surface area (Å²) >= 11 is 5.93. The Hall–Kier alpha value is -1.55. The number of fused-ring (bicyclic) bond motifs is 1. The summed E-state index contributed by atoms with van der Waals surface area (Å²) in [6.07, 6.45) is 1.81. The lowest BCUT2D eigenvalue weighted by Crippen LogP contribution is -2.09. The number of pyridine rings is 1. The van der Waals surface area contributed by atoms with Gasteiger partial charge in [-0.05, 0) is 6.07 Å². The molecule has 16 heavy (non-hydrogen) atoms. The highest BCUT2D eigenvalue weighted by Crippen LogP contribution is 2.21. The van der Waals surface area contributed by atoms with Crippen molar-refractivity contribution >= 4 is 28.7 Å². The van der Waals surface area contributed by atoms with E-state index in [9.17, 15) is 4.79 Å². The van der Waals surface area contributed by atoms with Crippen LogP contribution in [0.3, 0.4) is 0 Å². The van der Waals surface area contributed by atoms with Gasteiger partial charge in [0, 0.05) is 39.0 Å². The maximum absolute atomic E-state index is 11.4. The van der Waals surface area contributed by atoms with Crippen LogP contribution in [0.25, 0.3) is 5.65 Å². The van der Waals surface area contributed by atoms with Crippen molar-refractivity contribution in [1.29, 1.82) is 0 Å². The molecule has 2 rings (SSSR count). The molecule has 0 aliphatic carbocycles. The normalized spacial score (nSPS) is 10.8. The molecule has 0 radical (unpaired) electrons. The van der Waals surface area contributed by atoms with Gasteiger partial charge in [0.2, 0.25) is 0 Å². The van der Waals surface area contributed by atoms with Crippen molar-refractivity contribution in [2.24, 2.45) is 0 Å². The van der Waals surface area contributed by atoms with Crippen molar-refractivity contribution in [2.75, 3.05) is 19.0 Å². The average molecular weight is 238 g/mol. The number of Topliss-reactive ketones (excluding diaryl/α,β-unsaturated/α-hetero) is 1. The van der Waals surface area contributed by atoms with Gasteiger partial charge >= 0.3 is 0 Å². The second-order valence-electron chi connectivity index (χ2n) is 3.81. The largest absolute Gasteiger partial charge is 0.378 e. The maximum Gasteiger partial charge on any atom is 0.179 e. The van der Waals surface area contributed by atoms with Crippen LogP contribution < -0.4 is 4.90 Å². The molecule has 0 saturated heterocycles. The minimum atomic E-state index is -0.0879. The topological polar surface area (TPSA) is 37.6 Å². The third-order valence-electron chi connectivity index (χ3n) is 2.42. The lowest BCUT2D eigenvalue weighted by molar-refractivity contribution is 0.101. The van der Waals surface area contributed by atoms with Crippen molar-refractivity contribution < 1.29 is 4.79 Å². The van der Waals surface area contributed by atoms with Gasteiger partial charge in [-0.25, -0.2) is 4.98 Å². The minimum Gasteiger partial charge on any atom is -0.378 e. The van der Waals surface area contributed by atoms with Gasteiger partial charge in [0.15, 0.2) is 10.9 Å². The number of halogens is 1. The SMILES string of the molecule is CC(=O)c1c(Cl)nc2cc(N(C)C)ccn12. The third kappa shape index (κ3) is 1.65. The molecule has 4 nitrogen and oxygen atoms in total. The van der Waals surface area contributed by atoms with Gasteiger partial charge in [0.25, 0.3) is 0 Å². The number of nitrogens with zero attached hydrogens (tertiary/aromatic N) is 3. The molecule has 0 atom stereocenters. The Bertz CT molecular complexity index is 560. The summed E-state index contributed by atoms with van der Waals surface area (Å²) in [6, 6.07) is 3.80. The molecule has 0 spiro atoms. The van der Waals surface area contributed by atoms with Gasteiger partial charge < -0.3 is 4.90 Å². The Kier molecular flexibility index (Phi) is 2.59. The van der Waals surface area contributed by atoms with Crippen LogP contribution in [0.4, 0.5) is 5.69 Å². The molecule has 0 amide bonds.